The highest BCUT2D eigenvalue weighted by molar-refractivity contribution is 6.12. The van der Waals surface area contributed by atoms with E-state index in [4.69, 9.17) is 15.0 Å². The fraction of sp³-hybridized carbons (Fsp3) is 0.119. The first-order valence-corrected chi connectivity index (χ1v) is 15.9. The van der Waals surface area contributed by atoms with Crippen molar-refractivity contribution in [1.82, 2.24) is 19.5 Å². The van der Waals surface area contributed by atoms with Gasteiger partial charge in [-0.05, 0) is 66.4 Å². The van der Waals surface area contributed by atoms with E-state index in [1.807, 2.05) is 62.4 Å². The Bertz CT molecular complexity index is 2360. The molecule has 4 nitrogen and oxygen atoms in total. The zero-order valence-electron chi connectivity index (χ0n) is 26.5. The fourth-order valence-corrected chi connectivity index (χ4v) is 7.10. The van der Waals surface area contributed by atoms with Gasteiger partial charge in [0.2, 0.25) is 0 Å². The first-order chi connectivity index (χ1) is 22.5. The highest BCUT2D eigenvalue weighted by Gasteiger charge is 2.36. The summed E-state index contributed by atoms with van der Waals surface area (Å²) in [4.78, 5) is 15.1. The summed E-state index contributed by atoms with van der Waals surface area (Å²) >= 11 is 0. The highest BCUT2D eigenvalue weighted by atomic mass is 15.1. The molecule has 0 bridgehead atoms. The van der Waals surface area contributed by atoms with Gasteiger partial charge in [0.15, 0.2) is 17.5 Å². The average molecular weight is 595 g/mol. The largest absolute Gasteiger partial charge is 0.308 e. The molecule has 2 heterocycles. The summed E-state index contributed by atoms with van der Waals surface area (Å²) in [5.74, 6) is 1.95. The van der Waals surface area contributed by atoms with Crippen molar-refractivity contribution in [1.29, 1.82) is 0 Å². The number of fused-ring (bicyclic) bond motifs is 6. The van der Waals surface area contributed by atoms with E-state index in [9.17, 15) is 0 Å². The second kappa shape index (κ2) is 10.8. The molecule has 1 aliphatic carbocycles. The smallest absolute Gasteiger partial charge is 0.166 e. The summed E-state index contributed by atoms with van der Waals surface area (Å²) < 4.78 is 2.40. The van der Waals surface area contributed by atoms with Crippen LogP contribution in [-0.2, 0) is 5.41 Å². The van der Waals surface area contributed by atoms with Crippen LogP contribution in [-0.4, -0.2) is 19.5 Å². The maximum Gasteiger partial charge on any atom is 0.166 e. The molecule has 4 heteroatoms. The third-order valence-corrected chi connectivity index (χ3v) is 9.34. The second-order valence-corrected chi connectivity index (χ2v) is 12.4. The predicted molar refractivity (Wildman–Crippen MR) is 191 cm³/mol. The maximum absolute atomic E-state index is 5.10. The van der Waals surface area contributed by atoms with Gasteiger partial charge in [0.1, 0.15) is 0 Å². The van der Waals surface area contributed by atoms with Gasteiger partial charge in [-0.1, -0.05) is 117 Å². The van der Waals surface area contributed by atoms with Crippen LogP contribution < -0.4 is 0 Å². The molecule has 0 amide bonds. The van der Waals surface area contributed by atoms with Crippen LogP contribution in [0.2, 0.25) is 0 Å². The molecule has 0 N–H and O–H groups in total. The zero-order chi connectivity index (χ0) is 31.4. The van der Waals surface area contributed by atoms with E-state index in [0.717, 1.165) is 27.9 Å². The number of allylic oxidation sites excluding steroid dienone is 4. The molecule has 222 valence electrons. The molecule has 8 rings (SSSR count). The van der Waals surface area contributed by atoms with E-state index >= 15 is 0 Å². The van der Waals surface area contributed by atoms with Gasteiger partial charge < -0.3 is 4.57 Å². The number of para-hydroxylation sites is 2. The second-order valence-electron chi connectivity index (χ2n) is 12.4. The summed E-state index contributed by atoms with van der Waals surface area (Å²) in [5.41, 5.74) is 11.5. The Morgan fingerprint density at radius 3 is 2.11 bits per heavy atom. The van der Waals surface area contributed by atoms with Crippen LogP contribution in [0.4, 0.5) is 0 Å². The minimum Gasteiger partial charge on any atom is -0.308 e. The summed E-state index contributed by atoms with van der Waals surface area (Å²) in [6.07, 6.45) is 6.12. The van der Waals surface area contributed by atoms with Crippen LogP contribution in [0, 0.1) is 0 Å². The Morgan fingerprint density at radius 1 is 0.609 bits per heavy atom. The van der Waals surface area contributed by atoms with E-state index in [1.165, 1.54) is 38.5 Å². The monoisotopic (exact) mass is 594 g/mol. The SMILES string of the molecule is C/C=C\C(=C/C)c1nc(-c2ccccc2)nc(-c2ccccc2-n2c3ccccc3c3cc4c(cc32)C(C)(C)c2ccccc2-4)n1. The van der Waals surface area contributed by atoms with Crippen molar-refractivity contribution in [3.8, 4) is 39.6 Å². The number of rotatable bonds is 5. The van der Waals surface area contributed by atoms with Gasteiger partial charge >= 0.3 is 0 Å². The van der Waals surface area contributed by atoms with Gasteiger partial charge in [-0.3, -0.25) is 0 Å². The Labute approximate surface area is 269 Å². The van der Waals surface area contributed by atoms with Crippen molar-refractivity contribution in [2.45, 2.75) is 33.1 Å². The summed E-state index contributed by atoms with van der Waals surface area (Å²) in [5, 5.41) is 2.46. The van der Waals surface area contributed by atoms with Gasteiger partial charge in [-0.25, -0.2) is 15.0 Å². The van der Waals surface area contributed by atoms with Crippen molar-refractivity contribution < 1.29 is 0 Å². The summed E-state index contributed by atoms with van der Waals surface area (Å²) in [7, 11) is 0. The average Bonchev–Trinajstić information content (AvgIpc) is 3.54. The van der Waals surface area contributed by atoms with Crippen molar-refractivity contribution in [2.75, 3.05) is 0 Å². The lowest BCUT2D eigenvalue weighted by Crippen LogP contribution is -2.15. The van der Waals surface area contributed by atoms with Gasteiger partial charge in [-0.2, -0.15) is 0 Å². The molecule has 46 heavy (non-hydrogen) atoms. The number of nitrogens with zero attached hydrogens (tertiary/aromatic N) is 4. The third-order valence-electron chi connectivity index (χ3n) is 9.34. The fourth-order valence-electron chi connectivity index (χ4n) is 7.10. The maximum atomic E-state index is 5.10. The molecule has 0 spiro atoms. The molecule has 1 aliphatic rings. The molecule has 0 fully saturated rings. The molecule has 0 radical (unpaired) electrons. The lowest BCUT2D eigenvalue weighted by Gasteiger charge is -2.22. The molecule has 7 aromatic rings. The lowest BCUT2D eigenvalue weighted by atomic mass is 9.82. The first kappa shape index (κ1) is 27.9. The molecule has 0 saturated heterocycles. The summed E-state index contributed by atoms with van der Waals surface area (Å²) in [6.45, 7) is 8.71. The predicted octanol–water partition coefficient (Wildman–Crippen LogP) is 10.6. The van der Waals surface area contributed by atoms with E-state index in [1.54, 1.807) is 0 Å². The lowest BCUT2D eigenvalue weighted by molar-refractivity contribution is 0.661. The number of hydrogen-bond acceptors (Lipinski definition) is 3. The number of aromatic nitrogens is 4. The molecule has 0 atom stereocenters. The van der Waals surface area contributed by atoms with Crippen molar-refractivity contribution in [3.05, 3.63) is 150 Å². The molecule has 0 saturated carbocycles. The van der Waals surface area contributed by atoms with Crippen molar-refractivity contribution in [3.63, 3.8) is 0 Å². The van der Waals surface area contributed by atoms with E-state index in [-0.39, 0.29) is 5.41 Å². The minimum atomic E-state index is -0.107. The Hall–Kier alpha value is -5.61. The number of hydrogen-bond donors (Lipinski definition) is 0. The Balaban J connectivity index is 1.42. The quantitative estimate of drug-likeness (QED) is 0.186. The normalized spacial score (nSPS) is 13.9. The van der Waals surface area contributed by atoms with E-state index in [2.05, 4.69) is 103 Å². The van der Waals surface area contributed by atoms with Crippen LogP contribution in [0.15, 0.2) is 133 Å². The van der Waals surface area contributed by atoms with Crippen molar-refractivity contribution in [2.24, 2.45) is 0 Å². The van der Waals surface area contributed by atoms with Crippen molar-refractivity contribution >= 4 is 27.4 Å². The van der Waals surface area contributed by atoms with Gasteiger partial charge in [-0.15, -0.1) is 0 Å². The molecule has 2 aromatic heterocycles. The van der Waals surface area contributed by atoms with E-state index in [0.29, 0.717) is 17.5 Å². The Morgan fingerprint density at radius 2 is 1.30 bits per heavy atom. The summed E-state index contributed by atoms with van der Waals surface area (Å²) in [6, 6.07) is 41.0. The van der Waals surface area contributed by atoms with Gasteiger partial charge in [0.05, 0.1) is 16.7 Å². The molecule has 0 unspecified atom stereocenters. The molecular weight excluding hydrogens is 560 g/mol. The standard InChI is InChI=1S/C42H34N4/c1-5-16-27(6-2)39-43-40(28-17-8-7-9-18-28)45-41(44-39)31-21-12-15-24-37(31)46-36-23-14-11-20-30(36)33-25-32-29-19-10-13-22-34(29)42(3,4)35(32)26-38(33)46/h5-26H,1-4H3/b16-5-,27-6+. The van der Waals surface area contributed by atoms with Gasteiger partial charge in [0.25, 0.3) is 0 Å². The van der Waals surface area contributed by atoms with Crippen LogP contribution in [0.25, 0.3) is 67.0 Å². The topological polar surface area (TPSA) is 43.6 Å². The molecular formula is C42H34N4. The van der Waals surface area contributed by atoms with Crippen LogP contribution in [0.5, 0.6) is 0 Å². The third kappa shape index (κ3) is 4.25. The van der Waals surface area contributed by atoms with Crippen LogP contribution >= 0.6 is 0 Å². The molecule has 5 aromatic carbocycles. The van der Waals surface area contributed by atoms with E-state index < -0.39 is 0 Å². The van der Waals surface area contributed by atoms with Gasteiger partial charge in [0, 0.05) is 32.9 Å². The van der Waals surface area contributed by atoms with Crippen LogP contribution in [0.1, 0.15) is 44.6 Å². The zero-order valence-corrected chi connectivity index (χ0v) is 26.5. The highest BCUT2D eigenvalue weighted by Crippen LogP contribution is 2.51. The minimum absolute atomic E-state index is 0.107. The van der Waals surface area contributed by atoms with Crippen LogP contribution in [0.3, 0.4) is 0 Å². The first-order valence-electron chi connectivity index (χ1n) is 15.9. The Kier molecular flexibility index (Phi) is 6.54. The molecule has 0 aliphatic heterocycles. The number of benzene rings is 5.